The van der Waals surface area contributed by atoms with Gasteiger partial charge in [0.15, 0.2) is 0 Å². The van der Waals surface area contributed by atoms with E-state index in [1.54, 1.807) is 36.8 Å². The summed E-state index contributed by atoms with van der Waals surface area (Å²) in [5.41, 5.74) is 1.48. The highest BCUT2D eigenvalue weighted by molar-refractivity contribution is 5.94. The summed E-state index contributed by atoms with van der Waals surface area (Å²) in [4.78, 5) is 16.7. The SMILES string of the molecule is O=C(N[C@@H]1CCOC[C@H]1Oc1cccc(F)c1)c1ccc(-n2ccnc2)cc1. The van der Waals surface area contributed by atoms with E-state index in [1.165, 1.54) is 12.1 Å². The zero-order chi connectivity index (χ0) is 19.3. The van der Waals surface area contributed by atoms with Gasteiger partial charge >= 0.3 is 0 Å². The number of hydrogen-bond donors (Lipinski definition) is 1. The van der Waals surface area contributed by atoms with Gasteiger partial charge in [0.25, 0.3) is 5.91 Å². The number of imidazole rings is 1. The van der Waals surface area contributed by atoms with Crippen LogP contribution in [-0.2, 0) is 4.74 Å². The van der Waals surface area contributed by atoms with Crippen LogP contribution in [0.1, 0.15) is 16.8 Å². The Morgan fingerprint density at radius 3 is 2.86 bits per heavy atom. The Kier molecular flexibility index (Phi) is 5.34. The average Bonchev–Trinajstić information content (AvgIpc) is 3.24. The Morgan fingerprint density at radius 1 is 1.25 bits per heavy atom. The van der Waals surface area contributed by atoms with Crippen LogP contribution < -0.4 is 10.1 Å². The first-order valence-corrected chi connectivity index (χ1v) is 9.08. The molecule has 0 saturated carbocycles. The molecule has 0 spiro atoms. The number of amides is 1. The molecule has 1 N–H and O–H groups in total. The maximum absolute atomic E-state index is 13.4. The normalized spacial score (nSPS) is 19.2. The van der Waals surface area contributed by atoms with Crippen molar-refractivity contribution in [2.24, 2.45) is 0 Å². The molecule has 2 aromatic carbocycles. The van der Waals surface area contributed by atoms with Gasteiger partial charge in [0, 0.05) is 36.3 Å². The first-order valence-electron chi connectivity index (χ1n) is 9.08. The highest BCUT2D eigenvalue weighted by atomic mass is 19.1. The van der Waals surface area contributed by atoms with Crippen LogP contribution in [0, 0.1) is 5.82 Å². The third-order valence-electron chi connectivity index (χ3n) is 4.64. The lowest BCUT2D eigenvalue weighted by atomic mass is 10.0. The van der Waals surface area contributed by atoms with Crippen molar-refractivity contribution in [1.82, 2.24) is 14.9 Å². The maximum atomic E-state index is 13.4. The fourth-order valence-corrected chi connectivity index (χ4v) is 3.16. The van der Waals surface area contributed by atoms with Crippen LogP contribution in [0.15, 0.2) is 67.3 Å². The molecule has 1 amide bonds. The highest BCUT2D eigenvalue weighted by Crippen LogP contribution is 2.19. The van der Waals surface area contributed by atoms with Gasteiger partial charge in [0.2, 0.25) is 0 Å². The molecule has 2 atom stereocenters. The van der Waals surface area contributed by atoms with Gasteiger partial charge in [-0.05, 0) is 42.8 Å². The number of nitrogens with one attached hydrogen (secondary N) is 1. The molecule has 0 bridgehead atoms. The van der Waals surface area contributed by atoms with E-state index in [9.17, 15) is 9.18 Å². The smallest absolute Gasteiger partial charge is 0.251 e. The second kappa shape index (κ2) is 8.22. The van der Waals surface area contributed by atoms with Crippen LogP contribution >= 0.6 is 0 Å². The minimum absolute atomic E-state index is 0.183. The quantitative estimate of drug-likeness (QED) is 0.738. The second-order valence-electron chi connectivity index (χ2n) is 6.57. The Balaban J connectivity index is 1.43. The minimum atomic E-state index is -0.385. The number of carbonyl (C=O) groups is 1. The van der Waals surface area contributed by atoms with Gasteiger partial charge in [0.05, 0.1) is 19.0 Å². The predicted molar refractivity (Wildman–Crippen MR) is 101 cm³/mol. The monoisotopic (exact) mass is 381 g/mol. The second-order valence-corrected chi connectivity index (χ2v) is 6.57. The Hall–Kier alpha value is -3.19. The molecular weight excluding hydrogens is 361 g/mol. The molecule has 1 aromatic heterocycles. The fourth-order valence-electron chi connectivity index (χ4n) is 3.16. The standard InChI is InChI=1S/C21H20FN3O3/c22-16-2-1-3-18(12-16)28-20-13-27-11-8-19(20)24-21(26)15-4-6-17(7-5-15)25-10-9-23-14-25/h1-7,9-10,12,14,19-20H,8,11,13H2,(H,24,26)/t19-,20-/m1/s1. The van der Waals surface area contributed by atoms with Crippen LogP contribution in [0.5, 0.6) is 5.75 Å². The van der Waals surface area contributed by atoms with E-state index in [4.69, 9.17) is 9.47 Å². The summed E-state index contributed by atoms with van der Waals surface area (Å²) in [7, 11) is 0. The van der Waals surface area contributed by atoms with Crippen molar-refractivity contribution in [3.8, 4) is 11.4 Å². The maximum Gasteiger partial charge on any atom is 0.251 e. The summed E-state index contributed by atoms with van der Waals surface area (Å²) < 4.78 is 26.6. The van der Waals surface area contributed by atoms with Crippen molar-refractivity contribution < 1.29 is 18.7 Å². The van der Waals surface area contributed by atoms with E-state index in [0.717, 1.165) is 5.69 Å². The van der Waals surface area contributed by atoms with E-state index in [0.29, 0.717) is 30.9 Å². The molecule has 0 radical (unpaired) electrons. The van der Waals surface area contributed by atoms with Crippen LogP contribution in [0.4, 0.5) is 4.39 Å². The van der Waals surface area contributed by atoms with Crippen molar-refractivity contribution in [3.63, 3.8) is 0 Å². The number of ether oxygens (including phenoxy) is 2. The van der Waals surface area contributed by atoms with Gasteiger partial charge in [0.1, 0.15) is 17.7 Å². The molecule has 6 nitrogen and oxygen atoms in total. The fraction of sp³-hybridized carbons (Fsp3) is 0.238. The lowest BCUT2D eigenvalue weighted by molar-refractivity contribution is -0.0136. The predicted octanol–water partition coefficient (Wildman–Crippen LogP) is 2.98. The van der Waals surface area contributed by atoms with E-state index in [2.05, 4.69) is 10.3 Å². The Morgan fingerprint density at radius 2 is 2.11 bits per heavy atom. The highest BCUT2D eigenvalue weighted by Gasteiger charge is 2.29. The first kappa shape index (κ1) is 18.2. The molecule has 2 heterocycles. The number of halogens is 1. The van der Waals surface area contributed by atoms with Crippen LogP contribution in [-0.4, -0.2) is 40.8 Å². The van der Waals surface area contributed by atoms with Gasteiger partial charge in [-0.3, -0.25) is 4.79 Å². The topological polar surface area (TPSA) is 65.4 Å². The van der Waals surface area contributed by atoms with Crippen LogP contribution in [0.3, 0.4) is 0 Å². The Labute approximate surface area is 161 Å². The van der Waals surface area contributed by atoms with Gasteiger partial charge in [-0.1, -0.05) is 6.07 Å². The zero-order valence-electron chi connectivity index (χ0n) is 15.1. The molecule has 0 unspecified atom stereocenters. The molecule has 144 valence electrons. The van der Waals surface area contributed by atoms with Crippen molar-refractivity contribution >= 4 is 5.91 Å². The van der Waals surface area contributed by atoms with E-state index in [-0.39, 0.29) is 23.9 Å². The molecule has 0 aliphatic carbocycles. The summed E-state index contributed by atoms with van der Waals surface area (Å²) in [6, 6.07) is 13.0. The molecular formula is C21H20FN3O3. The third-order valence-corrected chi connectivity index (χ3v) is 4.64. The number of aromatic nitrogens is 2. The van der Waals surface area contributed by atoms with E-state index in [1.807, 2.05) is 22.9 Å². The molecule has 4 rings (SSSR count). The summed E-state index contributed by atoms with van der Waals surface area (Å²) in [6.07, 6.45) is 5.48. The number of nitrogens with zero attached hydrogens (tertiary/aromatic N) is 2. The lowest BCUT2D eigenvalue weighted by Gasteiger charge is -2.32. The molecule has 1 saturated heterocycles. The van der Waals surface area contributed by atoms with Crippen molar-refractivity contribution in [3.05, 3.63) is 78.6 Å². The Bertz CT molecular complexity index is 928. The largest absolute Gasteiger partial charge is 0.486 e. The third kappa shape index (κ3) is 4.20. The summed E-state index contributed by atoms with van der Waals surface area (Å²) in [5, 5.41) is 3.02. The molecule has 1 fully saturated rings. The number of rotatable bonds is 5. The van der Waals surface area contributed by atoms with Crippen molar-refractivity contribution in [1.29, 1.82) is 0 Å². The minimum Gasteiger partial charge on any atom is -0.486 e. The molecule has 28 heavy (non-hydrogen) atoms. The average molecular weight is 381 g/mol. The van der Waals surface area contributed by atoms with Crippen molar-refractivity contribution in [2.45, 2.75) is 18.6 Å². The van der Waals surface area contributed by atoms with Crippen LogP contribution in [0.25, 0.3) is 5.69 Å². The van der Waals surface area contributed by atoms with Crippen molar-refractivity contribution in [2.75, 3.05) is 13.2 Å². The molecule has 7 heteroatoms. The number of benzene rings is 2. The molecule has 1 aliphatic rings. The summed E-state index contributed by atoms with van der Waals surface area (Å²) in [5.74, 6) is -0.135. The zero-order valence-corrected chi connectivity index (χ0v) is 15.1. The van der Waals surface area contributed by atoms with Gasteiger partial charge < -0.3 is 19.4 Å². The number of carbonyl (C=O) groups excluding carboxylic acids is 1. The van der Waals surface area contributed by atoms with Crippen LogP contribution in [0.2, 0.25) is 0 Å². The lowest BCUT2D eigenvalue weighted by Crippen LogP contribution is -2.51. The summed E-state index contributed by atoms with van der Waals surface area (Å²) in [6.45, 7) is 0.870. The first-order chi connectivity index (χ1) is 13.7. The summed E-state index contributed by atoms with van der Waals surface area (Å²) >= 11 is 0. The van der Waals surface area contributed by atoms with Gasteiger partial charge in [-0.2, -0.15) is 0 Å². The number of hydrogen-bond acceptors (Lipinski definition) is 4. The molecule has 3 aromatic rings. The molecule has 1 aliphatic heterocycles. The van der Waals surface area contributed by atoms with Gasteiger partial charge in [-0.15, -0.1) is 0 Å². The van der Waals surface area contributed by atoms with E-state index >= 15 is 0 Å². The van der Waals surface area contributed by atoms with Gasteiger partial charge in [-0.25, -0.2) is 9.37 Å². The van der Waals surface area contributed by atoms with E-state index < -0.39 is 0 Å².